The van der Waals surface area contributed by atoms with Crippen molar-refractivity contribution in [3.63, 3.8) is 0 Å². The van der Waals surface area contributed by atoms with Gasteiger partial charge in [-0.15, -0.1) is 0 Å². The van der Waals surface area contributed by atoms with Crippen molar-refractivity contribution in [1.82, 2.24) is 14.4 Å². The molecule has 230 valence electrons. The van der Waals surface area contributed by atoms with Crippen LogP contribution in [0.5, 0.6) is 11.5 Å². The first-order valence-electron chi connectivity index (χ1n) is 14.3. The summed E-state index contributed by atoms with van der Waals surface area (Å²) in [7, 11) is 1.50. The third-order valence-electron chi connectivity index (χ3n) is 7.28. The number of methoxy groups -OCH3 is 1. The lowest BCUT2D eigenvalue weighted by Crippen LogP contribution is -2.29. The summed E-state index contributed by atoms with van der Waals surface area (Å²) in [5, 5.41) is 11.9. The monoisotopic (exact) mass is 618 g/mol. The smallest absolute Gasteiger partial charge is 0.350 e. The van der Waals surface area contributed by atoms with Gasteiger partial charge in [-0.05, 0) is 62.9 Å². The van der Waals surface area contributed by atoms with Gasteiger partial charge in [0.2, 0.25) is 0 Å². The highest BCUT2D eigenvalue weighted by molar-refractivity contribution is 7.17. The van der Waals surface area contributed by atoms with Crippen molar-refractivity contribution >= 4 is 45.5 Å². The molecule has 4 heterocycles. The molecule has 1 aromatic carbocycles. The lowest BCUT2D eigenvalue weighted by Gasteiger charge is -2.24. The number of carbonyl (C=O) groups excluding carboxylic acids is 3. The number of thiazole rings is 1. The summed E-state index contributed by atoms with van der Waals surface area (Å²) < 4.78 is 18.4. The minimum absolute atomic E-state index is 0.114. The summed E-state index contributed by atoms with van der Waals surface area (Å²) in [6.07, 6.45) is 2.56. The molecule has 44 heavy (non-hydrogen) atoms. The molecule has 1 fully saturated rings. The highest BCUT2D eigenvalue weighted by atomic mass is 32.1. The summed E-state index contributed by atoms with van der Waals surface area (Å²) in [6, 6.07) is 9.37. The van der Waals surface area contributed by atoms with E-state index in [1.807, 2.05) is 6.07 Å². The Morgan fingerprint density at radius 2 is 1.86 bits per heavy atom. The Bertz CT molecular complexity index is 1790. The molecule has 1 atom stereocenters. The van der Waals surface area contributed by atoms with Crippen molar-refractivity contribution in [1.29, 1.82) is 0 Å². The number of aliphatic hydroxyl groups excluding tert-OH is 1. The first-order valence-corrected chi connectivity index (χ1v) is 15.1. The predicted octanol–water partition coefficient (Wildman–Crippen LogP) is 5.64. The van der Waals surface area contributed by atoms with E-state index in [2.05, 4.69) is 23.8 Å². The fourth-order valence-electron chi connectivity index (χ4n) is 5.12. The van der Waals surface area contributed by atoms with E-state index in [1.165, 1.54) is 12.0 Å². The number of hydrogen-bond acceptors (Lipinski definition) is 10. The molecule has 0 radical (unpaired) electrons. The molecule has 11 nitrogen and oxygen atoms in total. The van der Waals surface area contributed by atoms with E-state index >= 15 is 0 Å². The number of ketones is 1. The zero-order chi connectivity index (χ0) is 31.7. The molecule has 3 aromatic heterocycles. The number of pyridine rings is 1. The molecule has 1 saturated heterocycles. The molecular formula is C32H34N4O7S. The van der Waals surface area contributed by atoms with Crippen LogP contribution in [-0.2, 0) is 14.3 Å². The van der Waals surface area contributed by atoms with Gasteiger partial charge < -0.3 is 19.3 Å². The number of nitrogens with zero attached hydrogens (tertiary/aromatic N) is 4. The third kappa shape index (κ3) is 5.52. The van der Waals surface area contributed by atoms with Gasteiger partial charge in [-0.2, -0.15) is 0 Å². The SMILES string of the molecule is CCOC(=O)c1sc(N2C(=O)C(=O)C(=C(O)c3c(C)nc4ccccn34)C2c2ccc(OCCC(C)C)c(OC)c2)nc1C. The molecule has 0 spiro atoms. The number of amides is 1. The van der Waals surface area contributed by atoms with Crippen molar-refractivity contribution in [2.24, 2.45) is 5.92 Å². The lowest BCUT2D eigenvalue weighted by atomic mass is 9.96. The van der Waals surface area contributed by atoms with Crippen molar-refractivity contribution < 1.29 is 33.7 Å². The van der Waals surface area contributed by atoms with Gasteiger partial charge in [0, 0.05) is 6.20 Å². The Kier molecular flexibility index (Phi) is 8.73. The third-order valence-corrected chi connectivity index (χ3v) is 8.42. The van der Waals surface area contributed by atoms with Gasteiger partial charge in [-0.3, -0.25) is 18.9 Å². The van der Waals surface area contributed by atoms with Gasteiger partial charge >= 0.3 is 11.9 Å². The molecule has 12 heteroatoms. The second-order valence-electron chi connectivity index (χ2n) is 10.7. The number of aliphatic hydroxyl groups is 1. The normalized spacial score (nSPS) is 16.2. The fraction of sp³-hybridized carbons (Fsp3) is 0.344. The second kappa shape index (κ2) is 12.5. The summed E-state index contributed by atoms with van der Waals surface area (Å²) in [5.41, 5.74) is 2.00. The summed E-state index contributed by atoms with van der Waals surface area (Å²) in [5.74, 6) is -1.42. The molecule has 0 saturated carbocycles. The van der Waals surface area contributed by atoms with E-state index < -0.39 is 23.7 Å². The average molecular weight is 619 g/mol. The number of fused-ring (bicyclic) bond motifs is 1. The maximum atomic E-state index is 13.8. The molecule has 0 aliphatic carbocycles. The molecule has 1 unspecified atom stereocenters. The maximum absolute atomic E-state index is 13.8. The van der Waals surface area contributed by atoms with E-state index in [1.54, 1.807) is 61.7 Å². The second-order valence-corrected chi connectivity index (χ2v) is 11.7. The standard InChI is InChI=1S/C32H34N4O7S/c1-7-42-31(40)29-19(5)34-32(44-29)36-26(20-11-12-21(22(16-20)41-6)43-15-13-17(2)3)24(28(38)30(36)39)27(37)25-18(4)33-23-10-8-9-14-35(23)25/h8-12,14,16-17,26,37H,7,13,15H2,1-6H3. The topological polar surface area (TPSA) is 133 Å². The molecule has 1 N–H and O–H groups in total. The van der Waals surface area contributed by atoms with Crippen molar-refractivity contribution in [2.45, 2.75) is 47.1 Å². The average Bonchev–Trinajstić information content (AvgIpc) is 3.62. The van der Waals surface area contributed by atoms with Crippen LogP contribution in [0.4, 0.5) is 5.13 Å². The number of benzene rings is 1. The summed E-state index contributed by atoms with van der Waals surface area (Å²) in [4.78, 5) is 50.6. The number of esters is 1. The quantitative estimate of drug-likeness (QED) is 0.104. The number of rotatable bonds is 10. The number of Topliss-reactive ketones (excluding diaryl/α,β-unsaturated/α-hetero) is 1. The van der Waals surface area contributed by atoms with Crippen LogP contribution in [-0.4, -0.2) is 57.5 Å². The number of hydrogen-bond donors (Lipinski definition) is 1. The number of aryl methyl sites for hydroxylation is 2. The zero-order valence-corrected chi connectivity index (χ0v) is 26.2. The number of ether oxygens (including phenoxy) is 3. The van der Waals surface area contributed by atoms with Crippen molar-refractivity contribution in [2.75, 3.05) is 25.2 Å². The van der Waals surface area contributed by atoms with Gasteiger partial charge in [0.15, 0.2) is 22.4 Å². The van der Waals surface area contributed by atoms with Gasteiger partial charge in [0.25, 0.3) is 5.78 Å². The molecule has 1 aliphatic heterocycles. The van der Waals surface area contributed by atoms with Crippen LogP contribution < -0.4 is 14.4 Å². The Morgan fingerprint density at radius 1 is 1.09 bits per heavy atom. The Balaban J connectivity index is 1.70. The molecular weight excluding hydrogens is 584 g/mol. The molecule has 1 aliphatic rings. The van der Waals surface area contributed by atoms with E-state index in [0.717, 1.165) is 17.8 Å². The highest BCUT2D eigenvalue weighted by Gasteiger charge is 2.49. The van der Waals surface area contributed by atoms with Crippen LogP contribution in [0.2, 0.25) is 0 Å². The molecule has 0 bridgehead atoms. The lowest BCUT2D eigenvalue weighted by molar-refractivity contribution is -0.132. The van der Waals surface area contributed by atoms with Crippen LogP contribution >= 0.6 is 11.3 Å². The van der Waals surface area contributed by atoms with Crippen molar-refractivity contribution in [3.8, 4) is 11.5 Å². The maximum Gasteiger partial charge on any atom is 0.350 e. The molecule has 4 aromatic rings. The van der Waals surface area contributed by atoms with E-state index in [-0.39, 0.29) is 33.6 Å². The van der Waals surface area contributed by atoms with Crippen LogP contribution in [0.1, 0.15) is 65.6 Å². The van der Waals surface area contributed by atoms with Gasteiger partial charge in [-0.1, -0.05) is 37.3 Å². The summed E-state index contributed by atoms with van der Waals surface area (Å²) >= 11 is 0.942. The number of imidazole rings is 1. The largest absolute Gasteiger partial charge is 0.505 e. The minimum atomic E-state index is -1.11. The highest BCUT2D eigenvalue weighted by Crippen LogP contribution is 2.46. The fourth-order valence-corrected chi connectivity index (χ4v) is 6.11. The predicted molar refractivity (Wildman–Crippen MR) is 165 cm³/mol. The van der Waals surface area contributed by atoms with E-state index in [0.29, 0.717) is 46.6 Å². The number of aromatic nitrogens is 3. The minimum Gasteiger partial charge on any atom is -0.505 e. The van der Waals surface area contributed by atoms with Crippen LogP contribution in [0.25, 0.3) is 11.4 Å². The van der Waals surface area contributed by atoms with Crippen LogP contribution in [0, 0.1) is 19.8 Å². The van der Waals surface area contributed by atoms with E-state index in [4.69, 9.17) is 14.2 Å². The van der Waals surface area contributed by atoms with Gasteiger partial charge in [0.05, 0.1) is 43.3 Å². The summed E-state index contributed by atoms with van der Waals surface area (Å²) in [6.45, 7) is 9.90. The van der Waals surface area contributed by atoms with Crippen LogP contribution in [0.15, 0.2) is 48.2 Å². The Morgan fingerprint density at radius 3 is 2.57 bits per heavy atom. The Labute approximate surface area is 258 Å². The van der Waals surface area contributed by atoms with Crippen molar-refractivity contribution in [3.05, 3.63) is 75.7 Å². The van der Waals surface area contributed by atoms with Gasteiger partial charge in [0.1, 0.15) is 16.2 Å². The van der Waals surface area contributed by atoms with Gasteiger partial charge in [-0.25, -0.2) is 14.8 Å². The zero-order valence-electron chi connectivity index (χ0n) is 25.4. The molecule has 5 rings (SSSR count). The van der Waals surface area contributed by atoms with E-state index in [9.17, 15) is 19.5 Å². The first kappa shape index (κ1) is 30.7. The number of anilines is 1. The first-order chi connectivity index (χ1) is 21.1. The van der Waals surface area contributed by atoms with Crippen LogP contribution in [0.3, 0.4) is 0 Å². The molecule has 1 amide bonds. The number of carbonyl (C=O) groups is 3. The Hall–Kier alpha value is -4.71.